The monoisotopic (exact) mass is 521 g/mol. The topological polar surface area (TPSA) is 94.6 Å². The number of rotatable bonds is 8. The summed E-state index contributed by atoms with van der Waals surface area (Å²) in [5, 5.41) is 3.32. The third-order valence-electron chi connectivity index (χ3n) is 6.65. The van der Waals surface area contributed by atoms with Crippen LogP contribution in [0.4, 0.5) is 8.78 Å². The zero-order valence-corrected chi connectivity index (χ0v) is 21.2. The molecule has 0 radical (unpaired) electrons. The van der Waals surface area contributed by atoms with Crippen LogP contribution >= 0.6 is 0 Å². The Hall–Kier alpha value is -2.89. The summed E-state index contributed by atoms with van der Waals surface area (Å²) < 4.78 is 69.6. The highest BCUT2D eigenvalue weighted by Crippen LogP contribution is 2.38. The van der Waals surface area contributed by atoms with Crippen molar-refractivity contribution in [1.82, 2.24) is 14.1 Å². The van der Waals surface area contributed by atoms with Gasteiger partial charge in [0.25, 0.3) is 0 Å². The molecule has 0 N–H and O–H groups in total. The number of aromatic nitrogens is 2. The number of sulfonamides is 1. The van der Waals surface area contributed by atoms with E-state index in [0.717, 1.165) is 16.8 Å². The number of halogens is 2. The van der Waals surface area contributed by atoms with Crippen molar-refractivity contribution in [3.8, 4) is 0 Å². The predicted octanol–water partition coefficient (Wildman–Crippen LogP) is 3.97. The van der Waals surface area contributed by atoms with Crippen LogP contribution in [-0.2, 0) is 27.8 Å². The molecule has 2 heterocycles. The van der Waals surface area contributed by atoms with Gasteiger partial charge < -0.3 is 9.15 Å². The second kappa shape index (κ2) is 10.6. The maximum Gasteiger partial charge on any atom is 0.437 e. The fraction of sp³-hybridized carbons (Fsp3) is 0.440. The van der Waals surface area contributed by atoms with Gasteiger partial charge in [-0.15, -0.1) is 5.10 Å². The Labute approximate surface area is 208 Å². The molecule has 1 aromatic heterocycles. The van der Waals surface area contributed by atoms with E-state index in [-0.39, 0.29) is 42.8 Å². The highest BCUT2D eigenvalue weighted by Gasteiger charge is 2.40. The second-order valence-corrected chi connectivity index (χ2v) is 11.1. The Bertz CT molecular complexity index is 1370. The lowest BCUT2D eigenvalue weighted by atomic mass is 9.98. The average molecular weight is 522 g/mol. The summed E-state index contributed by atoms with van der Waals surface area (Å²) in [6.45, 7) is 3.43. The standard InChI is InChI=1S/C25H29F2N3O5S/c1-16-9-10-23(18-7-5-4-6-8-18)36(32,33)30(16)15-19-13-22(27)20(14-21(19)26)17(2)24-28-29(11-12-34-3)25(31)35-24/h4-8,13-14,16-17,23H,9-12,15H2,1-3H3/t16-,17?,23+/m0/s1. The second-order valence-electron chi connectivity index (χ2n) is 9.02. The van der Waals surface area contributed by atoms with E-state index in [1.165, 1.54) is 11.4 Å². The van der Waals surface area contributed by atoms with E-state index in [1.54, 1.807) is 38.1 Å². The molecule has 4 rings (SSSR count). The molecule has 1 saturated heterocycles. The summed E-state index contributed by atoms with van der Waals surface area (Å²) in [7, 11) is -2.32. The van der Waals surface area contributed by atoms with Gasteiger partial charge in [0, 0.05) is 30.8 Å². The van der Waals surface area contributed by atoms with Crippen molar-refractivity contribution < 1.29 is 26.4 Å². The normalized spacial score (nSPS) is 20.9. The SMILES string of the molecule is COCCn1nc(C(C)c2cc(F)c(CN3[C@@H](C)CC[C@H](c4ccccc4)S3(=O)=O)cc2F)oc1=O. The highest BCUT2D eigenvalue weighted by molar-refractivity contribution is 7.89. The zero-order valence-electron chi connectivity index (χ0n) is 20.4. The molecule has 0 bridgehead atoms. The molecule has 0 spiro atoms. The largest absolute Gasteiger partial charge is 0.437 e. The lowest BCUT2D eigenvalue weighted by Crippen LogP contribution is -2.44. The van der Waals surface area contributed by atoms with Crippen molar-refractivity contribution in [3.63, 3.8) is 0 Å². The number of benzene rings is 2. The number of hydrogen-bond acceptors (Lipinski definition) is 6. The molecule has 0 aliphatic carbocycles. The van der Waals surface area contributed by atoms with Crippen molar-refractivity contribution in [1.29, 1.82) is 0 Å². The molecule has 1 aliphatic heterocycles. The summed E-state index contributed by atoms with van der Waals surface area (Å²) in [5.74, 6) is -3.10. The molecule has 0 saturated carbocycles. The summed E-state index contributed by atoms with van der Waals surface area (Å²) in [6.07, 6.45) is 1.06. The number of hydrogen-bond donors (Lipinski definition) is 0. The van der Waals surface area contributed by atoms with Crippen LogP contribution in [0.5, 0.6) is 0 Å². The average Bonchev–Trinajstić information content (AvgIpc) is 3.22. The smallest absolute Gasteiger partial charge is 0.392 e. The first-order valence-electron chi connectivity index (χ1n) is 11.7. The molecule has 0 amide bonds. The van der Waals surface area contributed by atoms with E-state index >= 15 is 8.78 Å². The van der Waals surface area contributed by atoms with E-state index < -0.39 is 38.6 Å². The maximum atomic E-state index is 15.2. The van der Waals surface area contributed by atoms with Crippen molar-refractivity contribution in [2.75, 3.05) is 13.7 Å². The summed E-state index contributed by atoms with van der Waals surface area (Å²) >= 11 is 0. The number of ether oxygens (including phenoxy) is 1. The Kier molecular flexibility index (Phi) is 7.72. The summed E-state index contributed by atoms with van der Waals surface area (Å²) in [6, 6.07) is 10.6. The Morgan fingerprint density at radius 1 is 1.17 bits per heavy atom. The van der Waals surface area contributed by atoms with Crippen LogP contribution in [0.3, 0.4) is 0 Å². The first-order chi connectivity index (χ1) is 17.1. The summed E-state index contributed by atoms with van der Waals surface area (Å²) in [4.78, 5) is 12.0. The van der Waals surface area contributed by atoms with Crippen LogP contribution in [0.15, 0.2) is 51.7 Å². The van der Waals surface area contributed by atoms with Crippen LogP contribution in [0.1, 0.15) is 60.4 Å². The van der Waals surface area contributed by atoms with Gasteiger partial charge in [-0.3, -0.25) is 0 Å². The van der Waals surface area contributed by atoms with Crippen molar-refractivity contribution in [2.45, 2.75) is 57.0 Å². The van der Waals surface area contributed by atoms with Gasteiger partial charge in [-0.1, -0.05) is 30.3 Å². The molecular weight excluding hydrogens is 492 g/mol. The van der Waals surface area contributed by atoms with E-state index in [1.807, 2.05) is 6.07 Å². The van der Waals surface area contributed by atoms with Crippen LogP contribution in [0.2, 0.25) is 0 Å². The van der Waals surface area contributed by atoms with Gasteiger partial charge in [-0.2, -0.15) is 8.99 Å². The first kappa shape index (κ1) is 26.2. The third kappa shape index (κ3) is 5.14. The molecule has 1 unspecified atom stereocenters. The molecule has 3 atom stereocenters. The Balaban J connectivity index is 1.60. The lowest BCUT2D eigenvalue weighted by Gasteiger charge is -2.37. The van der Waals surface area contributed by atoms with Gasteiger partial charge >= 0.3 is 5.76 Å². The van der Waals surface area contributed by atoms with Crippen LogP contribution in [-0.4, -0.2) is 42.3 Å². The molecule has 36 heavy (non-hydrogen) atoms. The fourth-order valence-electron chi connectivity index (χ4n) is 4.53. The van der Waals surface area contributed by atoms with E-state index in [0.29, 0.717) is 18.4 Å². The van der Waals surface area contributed by atoms with Crippen LogP contribution in [0, 0.1) is 11.6 Å². The van der Waals surface area contributed by atoms with Gasteiger partial charge in [0.1, 0.15) is 16.9 Å². The van der Waals surface area contributed by atoms with Crippen molar-refractivity contribution in [3.05, 3.63) is 87.2 Å². The first-order valence-corrected chi connectivity index (χ1v) is 13.2. The number of methoxy groups -OCH3 is 1. The minimum absolute atomic E-state index is 0.0481. The maximum absolute atomic E-state index is 15.2. The predicted molar refractivity (Wildman–Crippen MR) is 129 cm³/mol. The quantitative estimate of drug-likeness (QED) is 0.445. The highest BCUT2D eigenvalue weighted by atomic mass is 32.2. The van der Waals surface area contributed by atoms with E-state index in [9.17, 15) is 13.2 Å². The van der Waals surface area contributed by atoms with E-state index in [2.05, 4.69) is 5.10 Å². The van der Waals surface area contributed by atoms with Gasteiger partial charge in [0.05, 0.1) is 19.1 Å². The third-order valence-corrected chi connectivity index (χ3v) is 9.02. The van der Waals surface area contributed by atoms with Crippen LogP contribution in [0.25, 0.3) is 0 Å². The summed E-state index contributed by atoms with van der Waals surface area (Å²) in [5.41, 5.74) is 0.560. The fourth-order valence-corrected chi connectivity index (χ4v) is 6.71. The number of nitrogens with zero attached hydrogens (tertiary/aromatic N) is 3. The minimum Gasteiger partial charge on any atom is -0.392 e. The molecule has 194 valence electrons. The van der Waals surface area contributed by atoms with Crippen LogP contribution < -0.4 is 5.76 Å². The molecule has 1 fully saturated rings. The lowest BCUT2D eigenvalue weighted by molar-refractivity contribution is 0.181. The zero-order chi connectivity index (χ0) is 26.0. The Morgan fingerprint density at radius 2 is 1.89 bits per heavy atom. The molecule has 3 aromatic rings. The van der Waals surface area contributed by atoms with Crippen molar-refractivity contribution in [2.24, 2.45) is 0 Å². The van der Waals surface area contributed by atoms with Gasteiger partial charge in [0.15, 0.2) is 0 Å². The molecule has 2 aromatic carbocycles. The van der Waals surface area contributed by atoms with Gasteiger partial charge in [-0.25, -0.2) is 22.0 Å². The molecule has 8 nitrogen and oxygen atoms in total. The molecule has 11 heteroatoms. The van der Waals surface area contributed by atoms with Gasteiger partial charge in [-0.05, 0) is 44.4 Å². The minimum atomic E-state index is -3.80. The molecule has 1 aliphatic rings. The Morgan fingerprint density at radius 3 is 2.58 bits per heavy atom. The van der Waals surface area contributed by atoms with Gasteiger partial charge in [0.2, 0.25) is 15.9 Å². The van der Waals surface area contributed by atoms with E-state index in [4.69, 9.17) is 9.15 Å². The molecular formula is C25H29F2N3O5S. The van der Waals surface area contributed by atoms with Crippen molar-refractivity contribution >= 4 is 10.0 Å².